The van der Waals surface area contributed by atoms with Crippen molar-refractivity contribution in [2.45, 2.75) is 0 Å². The van der Waals surface area contributed by atoms with Crippen LogP contribution in [0.25, 0.3) is 49.7 Å². The molecule has 0 unspecified atom stereocenters. The Labute approximate surface area is 257 Å². The Kier molecular flexibility index (Phi) is 6.51. The molecular weight excluding hydrogens is 532 g/mol. The molecule has 0 radical (unpaired) electrons. The number of anilines is 3. The van der Waals surface area contributed by atoms with E-state index < -0.39 is 0 Å². The highest BCUT2D eigenvalue weighted by Crippen LogP contribution is 2.38. The molecule has 0 atom stereocenters. The average Bonchev–Trinajstić information content (AvgIpc) is 3.44. The Balaban J connectivity index is 1.17. The number of nitrogens with zero attached hydrogens (tertiary/aromatic N) is 2. The lowest BCUT2D eigenvalue weighted by atomic mass is 9.99. The molecule has 0 bridgehead atoms. The molecule has 0 spiro atoms. The quantitative estimate of drug-likeness (QED) is 0.196. The maximum atomic E-state index is 2.36. The van der Waals surface area contributed by atoms with E-state index in [2.05, 4.69) is 191 Å². The fourth-order valence-electron chi connectivity index (χ4n) is 6.29. The van der Waals surface area contributed by atoms with Crippen molar-refractivity contribution in [3.63, 3.8) is 0 Å². The van der Waals surface area contributed by atoms with E-state index in [4.69, 9.17) is 0 Å². The van der Waals surface area contributed by atoms with Gasteiger partial charge in [-0.05, 0) is 89.0 Å². The van der Waals surface area contributed by atoms with Gasteiger partial charge >= 0.3 is 0 Å². The number of hydrogen-bond acceptors (Lipinski definition) is 1. The number of aromatic nitrogens is 1. The first-order valence-corrected chi connectivity index (χ1v) is 15.0. The Hall–Kier alpha value is -5.86. The first kappa shape index (κ1) is 25.8. The highest BCUT2D eigenvalue weighted by molar-refractivity contribution is 6.09. The van der Waals surface area contributed by atoms with Gasteiger partial charge in [0.2, 0.25) is 0 Å². The standard InChI is InChI=1S/C42H30N2/c1-3-12-31(13-4-1)33-14-11-15-34(30-33)32-22-24-36(25-23-32)43(35-16-5-2-6-17-35)37-26-28-38(29-27-37)44-41-20-9-7-18-39(41)40-19-8-10-21-42(40)44/h1-30H. The summed E-state index contributed by atoms with van der Waals surface area (Å²) in [5, 5.41) is 2.54. The molecule has 0 aliphatic carbocycles. The SMILES string of the molecule is c1ccc(-c2cccc(-c3ccc(N(c4ccccc4)c4ccc(-n5c6ccccc6c6ccccc65)cc4)cc3)c2)cc1. The fourth-order valence-corrected chi connectivity index (χ4v) is 6.29. The summed E-state index contributed by atoms with van der Waals surface area (Å²) in [4.78, 5) is 2.32. The first-order valence-electron chi connectivity index (χ1n) is 15.0. The summed E-state index contributed by atoms with van der Waals surface area (Å²) in [6.45, 7) is 0. The van der Waals surface area contributed by atoms with Crippen molar-refractivity contribution < 1.29 is 0 Å². The van der Waals surface area contributed by atoms with E-state index in [1.807, 2.05) is 0 Å². The minimum Gasteiger partial charge on any atom is -0.311 e. The zero-order valence-electron chi connectivity index (χ0n) is 24.2. The maximum absolute atomic E-state index is 2.36. The van der Waals surface area contributed by atoms with E-state index >= 15 is 0 Å². The van der Waals surface area contributed by atoms with Crippen molar-refractivity contribution in [1.29, 1.82) is 0 Å². The van der Waals surface area contributed by atoms with Crippen molar-refractivity contribution in [3.8, 4) is 27.9 Å². The Morgan fingerprint density at radius 1 is 0.318 bits per heavy atom. The zero-order valence-corrected chi connectivity index (χ0v) is 24.2. The van der Waals surface area contributed by atoms with Crippen molar-refractivity contribution in [2.75, 3.05) is 4.90 Å². The molecule has 2 nitrogen and oxygen atoms in total. The van der Waals surface area contributed by atoms with Crippen LogP contribution in [-0.4, -0.2) is 4.57 Å². The van der Waals surface area contributed by atoms with Gasteiger partial charge in [0, 0.05) is 33.5 Å². The average molecular weight is 563 g/mol. The number of rotatable bonds is 6. The predicted octanol–water partition coefficient (Wildman–Crippen LogP) is 11.6. The van der Waals surface area contributed by atoms with Crippen molar-refractivity contribution in [3.05, 3.63) is 182 Å². The van der Waals surface area contributed by atoms with Crippen LogP contribution in [0.1, 0.15) is 0 Å². The summed E-state index contributed by atoms with van der Waals surface area (Å²) in [7, 11) is 0. The summed E-state index contributed by atoms with van der Waals surface area (Å²) >= 11 is 0. The minimum absolute atomic E-state index is 1.11. The van der Waals surface area contributed by atoms with E-state index in [1.165, 1.54) is 44.1 Å². The molecule has 8 rings (SSSR count). The van der Waals surface area contributed by atoms with Crippen molar-refractivity contribution in [2.24, 2.45) is 0 Å². The van der Waals surface area contributed by atoms with Crippen LogP contribution in [0, 0.1) is 0 Å². The molecule has 2 heteroatoms. The second-order valence-electron chi connectivity index (χ2n) is 11.1. The maximum Gasteiger partial charge on any atom is 0.0541 e. The molecule has 0 saturated heterocycles. The smallest absolute Gasteiger partial charge is 0.0541 e. The van der Waals surface area contributed by atoms with Crippen LogP contribution >= 0.6 is 0 Å². The van der Waals surface area contributed by atoms with Crippen LogP contribution in [-0.2, 0) is 0 Å². The van der Waals surface area contributed by atoms with Gasteiger partial charge in [0.1, 0.15) is 0 Å². The van der Waals surface area contributed by atoms with Crippen LogP contribution in [0.4, 0.5) is 17.1 Å². The third-order valence-electron chi connectivity index (χ3n) is 8.39. The van der Waals surface area contributed by atoms with Gasteiger partial charge in [0.05, 0.1) is 11.0 Å². The molecule has 1 heterocycles. The van der Waals surface area contributed by atoms with Gasteiger partial charge < -0.3 is 9.47 Å². The highest BCUT2D eigenvalue weighted by atomic mass is 15.1. The summed E-state index contributed by atoms with van der Waals surface area (Å²) in [5.41, 5.74) is 11.8. The molecule has 0 aliphatic heterocycles. The summed E-state index contributed by atoms with van der Waals surface area (Å²) < 4.78 is 2.36. The molecule has 0 aliphatic rings. The molecule has 0 N–H and O–H groups in total. The molecule has 208 valence electrons. The molecule has 1 aromatic heterocycles. The van der Waals surface area contributed by atoms with Crippen LogP contribution in [0.5, 0.6) is 0 Å². The molecular formula is C42H30N2. The third kappa shape index (κ3) is 4.63. The van der Waals surface area contributed by atoms with Gasteiger partial charge in [0.15, 0.2) is 0 Å². The summed E-state index contributed by atoms with van der Waals surface area (Å²) in [5.74, 6) is 0. The van der Waals surface area contributed by atoms with Crippen molar-refractivity contribution >= 4 is 38.9 Å². The number of benzene rings is 7. The normalized spacial score (nSPS) is 11.2. The van der Waals surface area contributed by atoms with Crippen LogP contribution in [0.15, 0.2) is 182 Å². The molecule has 44 heavy (non-hydrogen) atoms. The van der Waals surface area contributed by atoms with E-state index in [-0.39, 0.29) is 0 Å². The van der Waals surface area contributed by atoms with E-state index in [1.54, 1.807) is 0 Å². The number of hydrogen-bond donors (Lipinski definition) is 0. The van der Waals surface area contributed by atoms with Crippen LogP contribution in [0.3, 0.4) is 0 Å². The van der Waals surface area contributed by atoms with E-state index in [9.17, 15) is 0 Å². The lowest BCUT2D eigenvalue weighted by molar-refractivity contribution is 1.17. The third-order valence-corrected chi connectivity index (χ3v) is 8.39. The van der Waals surface area contributed by atoms with Gasteiger partial charge in [-0.15, -0.1) is 0 Å². The second kappa shape index (κ2) is 11.1. The van der Waals surface area contributed by atoms with Gasteiger partial charge in [-0.3, -0.25) is 0 Å². The monoisotopic (exact) mass is 562 g/mol. The number of para-hydroxylation sites is 3. The Morgan fingerprint density at radius 2 is 0.750 bits per heavy atom. The van der Waals surface area contributed by atoms with Gasteiger partial charge in [-0.2, -0.15) is 0 Å². The minimum atomic E-state index is 1.11. The lowest BCUT2D eigenvalue weighted by Gasteiger charge is -2.26. The zero-order chi connectivity index (χ0) is 29.3. The molecule has 0 saturated carbocycles. The van der Waals surface area contributed by atoms with Gasteiger partial charge in [0.25, 0.3) is 0 Å². The Morgan fingerprint density at radius 3 is 1.34 bits per heavy atom. The lowest BCUT2D eigenvalue weighted by Crippen LogP contribution is -2.10. The first-order chi connectivity index (χ1) is 21.8. The van der Waals surface area contributed by atoms with Gasteiger partial charge in [-0.25, -0.2) is 0 Å². The molecule has 7 aromatic carbocycles. The Bertz CT molecular complexity index is 2140. The molecule has 8 aromatic rings. The van der Waals surface area contributed by atoms with Crippen LogP contribution in [0.2, 0.25) is 0 Å². The van der Waals surface area contributed by atoms with E-state index in [0.717, 1.165) is 22.7 Å². The number of fused-ring (bicyclic) bond motifs is 3. The largest absolute Gasteiger partial charge is 0.311 e. The summed E-state index contributed by atoms with van der Waals surface area (Å²) in [6, 6.07) is 65.0. The molecule has 0 amide bonds. The van der Waals surface area contributed by atoms with Gasteiger partial charge in [-0.1, -0.05) is 115 Å². The highest BCUT2D eigenvalue weighted by Gasteiger charge is 2.15. The molecule has 0 fully saturated rings. The van der Waals surface area contributed by atoms with Crippen molar-refractivity contribution in [1.82, 2.24) is 4.57 Å². The fraction of sp³-hybridized carbons (Fsp3) is 0. The second-order valence-corrected chi connectivity index (χ2v) is 11.1. The predicted molar refractivity (Wildman–Crippen MR) is 186 cm³/mol. The summed E-state index contributed by atoms with van der Waals surface area (Å²) in [6.07, 6.45) is 0. The van der Waals surface area contributed by atoms with E-state index in [0.29, 0.717) is 0 Å². The topological polar surface area (TPSA) is 8.17 Å². The van der Waals surface area contributed by atoms with Crippen LogP contribution < -0.4 is 4.90 Å².